The second-order valence-electron chi connectivity index (χ2n) is 7.34. The van der Waals surface area contributed by atoms with Crippen molar-refractivity contribution in [3.63, 3.8) is 0 Å². The molecule has 3 heterocycles. The minimum atomic E-state index is 0.0252. The average Bonchev–Trinajstić information content (AvgIpc) is 3.11. The zero-order valence-electron chi connectivity index (χ0n) is 15.3. The SMILES string of the molecule is CC1=C(c2cnc3[nH]cc(-c4ccc5c(c4)CCNC5=O)c3c2)C=CCC1. The van der Waals surface area contributed by atoms with Crippen molar-refractivity contribution >= 4 is 22.5 Å². The number of nitrogens with zero attached hydrogens (tertiary/aromatic N) is 1. The van der Waals surface area contributed by atoms with Crippen LogP contribution in [0.4, 0.5) is 0 Å². The van der Waals surface area contributed by atoms with E-state index in [1.54, 1.807) is 0 Å². The Hall–Kier alpha value is -3.14. The van der Waals surface area contributed by atoms with E-state index in [1.165, 1.54) is 11.1 Å². The van der Waals surface area contributed by atoms with E-state index in [2.05, 4.69) is 46.5 Å². The predicted molar refractivity (Wildman–Crippen MR) is 109 cm³/mol. The molecule has 4 heteroatoms. The number of nitrogens with one attached hydrogen (secondary N) is 2. The molecule has 0 fully saturated rings. The Bertz CT molecular complexity index is 1130. The molecule has 0 unspecified atom stereocenters. The van der Waals surface area contributed by atoms with Crippen LogP contribution in [0.15, 0.2) is 54.4 Å². The van der Waals surface area contributed by atoms with Gasteiger partial charge in [0, 0.05) is 41.0 Å². The van der Waals surface area contributed by atoms with Gasteiger partial charge in [0.05, 0.1) is 0 Å². The van der Waals surface area contributed by atoms with Gasteiger partial charge in [-0.3, -0.25) is 4.79 Å². The normalized spacial score (nSPS) is 16.6. The first-order valence-corrected chi connectivity index (χ1v) is 9.46. The lowest BCUT2D eigenvalue weighted by molar-refractivity contribution is 0.0946. The van der Waals surface area contributed by atoms with Gasteiger partial charge in [0.2, 0.25) is 0 Å². The number of rotatable bonds is 2. The zero-order valence-corrected chi connectivity index (χ0v) is 15.3. The van der Waals surface area contributed by atoms with E-state index in [1.807, 2.05) is 24.5 Å². The summed E-state index contributed by atoms with van der Waals surface area (Å²) in [5.74, 6) is 0.0252. The van der Waals surface area contributed by atoms with Crippen molar-refractivity contribution in [3.05, 3.63) is 71.1 Å². The highest BCUT2D eigenvalue weighted by Crippen LogP contribution is 2.33. The molecule has 1 aliphatic heterocycles. The van der Waals surface area contributed by atoms with Crippen LogP contribution in [0, 0.1) is 0 Å². The molecule has 2 aliphatic rings. The molecule has 5 rings (SSSR count). The summed E-state index contributed by atoms with van der Waals surface area (Å²) < 4.78 is 0. The van der Waals surface area contributed by atoms with Crippen LogP contribution in [0.25, 0.3) is 27.7 Å². The standard InChI is InChI=1S/C23H21N3O/c1-14-4-2-3-5-18(14)17-11-20-21(13-26-22(20)25-12-17)15-6-7-19-16(10-15)8-9-24-23(19)27/h3,5-7,10-13H,2,4,8-9H2,1H3,(H,24,27)(H,25,26). The molecule has 0 radical (unpaired) electrons. The van der Waals surface area contributed by atoms with Gasteiger partial charge in [-0.1, -0.05) is 29.9 Å². The number of fused-ring (bicyclic) bond motifs is 2. The molecule has 1 aromatic carbocycles. The van der Waals surface area contributed by atoms with Crippen LogP contribution in [0.1, 0.15) is 41.3 Å². The third kappa shape index (κ3) is 2.69. The fourth-order valence-corrected chi connectivity index (χ4v) is 4.11. The number of pyridine rings is 1. The molecule has 1 aliphatic carbocycles. The van der Waals surface area contributed by atoms with Crippen molar-refractivity contribution in [2.24, 2.45) is 0 Å². The predicted octanol–water partition coefficient (Wildman–Crippen LogP) is 4.64. The Kier molecular flexibility index (Phi) is 3.71. The zero-order chi connectivity index (χ0) is 18.4. The monoisotopic (exact) mass is 355 g/mol. The van der Waals surface area contributed by atoms with Crippen molar-refractivity contribution in [1.29, 1.82) is 0 Å². The van der Waals surface area contributed by atoms with Gasteiger partial charge >= 0.3 is 0 Å². The summed E-state index contributed by atoms with van der Waals surface area (Å²) in [5.41, 5.74) is 8.90. The van der Waals surface area contributed by atoms with E-state index < -0.39 is 0 Å². The highest BCUT2D eigenvalue weighted by Gasteiger charge is 2.18. The summed E-state index contributed by atoms with van der Waals surface area (Å²) in [6, 6.07) is 8.35. The Balaban J connectivity index is 1.63. The van der Waals surface area contributed by atoms with Crippen molar-refractivity contribution in [3.8, 4) is 11.1 Å². The molecule has 0 spiro atoms. The summed E-state index contributed by atoms with van der Waals surface area (Å²) in [6.07, 6.45) is 11.5. The molecule has 0 saturated carbocycles. The number of allylic oxidation sites excluding steroid dienone is 4. The molecule has 0 atom stereocenters. The number of aromatic nitrogens is 2. The molecular weight excluding hydrogens is 334 g/mol. The molecule has 134 valence electrons. The van der Waals surface area contributed by atoms with Crippen LogP contribution in [0.2, 0.25) is 0 Å². The minimum Gasteiger partial charge on any atom is -0.352 e. The van der Waals surface area contributed by atoms with Crippen LogP contribution in [-0.2, 0) is 6.42 Å². The van der Waals surface area contributed by atoms with Gasteiger partial charge in [-0.05, 0) is 55.0 Å². The van der Waals surface area contributed by atoms with Gasteiger partial charge in [0.25, 0.3) is 5.91 Å². The molecule has 0 saturated heterocycles. The summed E-state index contributed by atoms with van der Waals surface area (Å²) in [6.45, 7) is 2.91. The van der Waals surface area contributed by atoms with Crippen LogP contribution in [-0.4, -0.2) is 22.4 Å². The minimum absolute atomic E-state index is 0.0252. The number of benzene rings is 1. The van der Waals surface area contributed by atoms with E-state index in [0.717, 1.165) is 58.1 Å². The fourth-order valence-electron chi connectivity index (χ4n) is 4.11. The largest absolute Gasteiger partial charge is 0.352 e. The van der Waals surface area contributed by atoms with E-state index >= 15 is 0 Å². The first kappa shape index (κ1) is 16.1. The van der Waals surface area contributed by atoms with Crippen molar-refractivity contribution < 1.29 is 4.79 Å². The summed E-state index contributed by atoms with van der Waals surface area (Å²) in [5, 5.41) is 4.02. The van der Waals surface area contributed by atoms with Crippen LogP contribution in [0.3, 0.4) is 0 Å². The molecular formula is C23H21N3O. The highest BCUT2D eigenvalue weighted by molar-refractivity contribution is 5.99. The fraction of sp³-hybridized carbons (Fsp3) is 0.217. The van der Waals surface area contributed by atoms with Crippen molar-refractivity contribution in [1.82, 2.24) is 15.3 Å². The van der Waals surface area contributed by atoms with E-state index in [9.17, 15) is 4.79 Å². The number of amides is 1. The molecule has 4 nitrogen and oxygen atoms in total. The molecule has 0 bridgehead atoms. The average molecular weight is 355 g/mol. The molecule has 1 amide bonds. The quantitative estimate of drug-likeness (QED) is 0.703. The van der Waals surface area contributed by atoms with E-state index in [4.69, 9.17) is 0 Å². The molecule has 3 aromatic rings. The van der Waals surface area contributed by atoms with Gasteiger partial charge in [-0.2, -0.15) is 0 Å². The molecule has 2 N–H and O–H groups in total. The lowest BCUT2D eigenvalue weighted by atomic mass is 9.92. The van der Waals surface area contributed by atoms with Crippen LogP contribution >= 0.6 is 0 Å². The van der Waals surface area contributed by atoms with Gasteiger partial charge in [-0.25, -0.2) is 4.98 Å². The number of carbonyl (C=O) groups excluding carboxylic acids is 1. The third-order valence-electron chi connectivity index (χ3n) is 5.61. The third-order valence-corrected chi connectivity index (χ3v) is 5.61. The Labute approximate surface area is 158 Å². The summed E-state index contributed by atoms with van der Waals surface area (Å²) >= 11 is 0. The second kappa shape index (κ2) is 6.23. The number of hydrogen-bond donors (Lipinski definition) is 2. The number of H-pyrrole nitrogens is 1. The van der Waals surface area contributed by atoms with Gasteiger partial charge < -0.3 is 10.3 Å². The molecule has 2 aromatic heterocycles. The van der Waals surface area contributed by atoms with Crippen LogP contribution < -0.4 is 5.32 Å². The Morgan fingerprint density at radius 1 is 1.07 bits per heavy atom. The summed E-state index contributed by atoms with van der Waals surface area (Å²) in [7, 11) is 0. The lowest BCUT2D eigenvalue weighted by Crippen LogP contribution is -2.31. The molecule has 27 heavy (non-hydrogen) atoms. The Morgan fingerprint density at radius 3 is 2.89 bits per heavy atom. The smallest absolute Gasteiger partial charge is 0.251 e. The maximum Gasteiger partial charge on any atom is 0.251 e. The first-order chi connectivity index (χ1) is 13.2. The van der Waals surface area contributed by atoms with E-state index in [0.29, 0.717) is 6.54 Å². The van der Waals surface area contributed by atoms with Gasteiger partial charge in [0.15, 0.2) is 0 Å². The van der Waals surface area contributed by atoms with E-state index in [-0.39, 0.29) is 5.91 Å². The Morgan fingerprint density at radius 2 is 2.00 bits per heavy atom. The topological polar surface area (TPSA) is 57.8 Å². The van der Waals surface area contributed by atoms with Crippen molar-refractivity contribution in [2.75, 3.05) is 6.54 Å². The highest BCUT2D eigenvalue weighted by atomic mass is 16.1. The second-order valence-corrected chi connectivity index (χ2v) is 7.34. The lowest BCUT2D eigenvalue weighted by Gasteiger charge is -2.17. The number of hydrogen-bond acceptors (Lipinski definition) is 2. The first-order valence-electron chi connectivity index (χ1n) is 9.46. The summed E-state index contributed by atoms with van der Waals surface area (Å²) in [4.78, 5) is 19.9. The maximum atomic E-state index is 12.0. The van der Waals surface area contributed by atoms with Gasteiger partial charge in [-0.15, -0.1) is 0 Å². The van der Waals surface area contributed by atoms with Gasteiger partial charge in [0.1, 0.15) is 5.65 Å². The number of carbonyl (C=O) groups is 1. The van der Waals surface area contributed by atoms with Crippen molar-refractivity contribution in [2.45, 2.75) is 26.2 Å². The number of aromatic amines is 1. The maximum absolute atomic E-state index is 12.0. The van der Waals surface area contributed by atoms with Crippen LogP contribution in [0.5, 0.6) is 0 Å².